The van der Waals surface area contributed by atoms with Gasteiger partial charge in [0.2, 0.25) is 10.0 Å². The Hall–Kier alpha value is -1.19. The highest BCUT2D eigenvalue weighted by Crippen LogP contribution is 2.20. The summed E-state index contributed by atoms with van der Waals surface area (Å²) in [6, 6.07) is 10.5. The van der Waals surface area contributed by atoms with E-state index in [1.165, 1.54) is 9.99 Å². The van der Waals surface area contributed by atoms with E-state index < -0.39 is 16.1 Å². The number of β-amino-alcohol motifs (C(OH)–C–C–N with tert-alkyl or cyclic N) is 1. The van der Waals surface area contributed by atoms with Gasteiger partial charge in [-0.25, -0.2) is 12.7 Å². The summed E-state index contributed by atoms with van der Waals surface area (Å²) >= 11 is 0. The first-order valence-electron chi connectivity index (χ1n) is 9.68. The van der Waals surface area contributed by atoms with Gasteiger partial charge in [0.05, 0.1) is 11.9 Å². The van der Waals surface area contributed by atoms with E-state index in [9.17, 15) is 13.5 Å². The Bertz CT molecular complexity index is 690. The molecular weight excluding hydrogens is 364 g/mol. The number of sulfonamides is 1. The van der Waals surface area contributed by atoms with Gasteiger partial charge in [0.15, 0.2) is 0 Å². The quantitative estimate of drug-likeness (QED) is 0.700. The summed E-state index contributed by atoms with van der Waals surface area (Å²) in [6.45, 7) is 7.17. The van der Waals surface area contributed by atoms with Crippen molar-refractivity contribution >= 4 is 15.7 Å². The van der Waals surface area contributed by atoms with Crippen molar-refractivity contribution in [1.82, 2.24) is 14.1 Å². The molecule has 2 heterocycles. The average molecular weight is 397 g/mol. The van der Waals surface area contributed by atoms with Gasteiger partial charge in [-0.3, -0.25) is 9.80 Å². The van der Waals surface area contributed by atoms with Crippen LogP contribution in [0.5, 0.6) is 0 Å². The molecule has 0 spiro atoms. The Morgan fingerprint density at radius 3 is 2.26 bits per heavy atom. The van der Waals surface area contributed by atoms with E-state index in [4.69, 9.17) is 0 Å². The van der Waals surface area contributed by atoms with Crippen molar-refractivity contribution in [3.63, 3.8) is 0 Å². The molecule has 0 unspecified atom stereocenters. The third-order valence-electron chi connectivity index (χ3n) is 5.69. The maximum atomic E-state index is 12.1. The molecule has 0 aromatic heterocycles. The van der Waals surface area contributed by atoms with Crippen molar-refractivity contribution in [2.75, 3.05) is 77.1 Å². The van der Waals surface area contributed by atoms with E-state index >= 15 is 0 Å². The van der Waals surface area contributed by atoms with Crippen LogP contribution in [-0.4, -0.2) is 106 Å². The molecule has 0 aliphatic carbocycles. The number of likely N-dealkylation sites (tertiary alicyclic amines) is 1. The predicted molar refractivity (Wildman–Crippen MR) is 109 cm³/mol. The first-order valence-corrected chi connectivity index (χ1v) is 11.3. The molecule has 2 atom stereocenters. The third-order valence-corrected chi connectivity index (χ3v) is 7.65. The highest BCUT2D eigenvalue weighted by atomic mass is 32.2. The van der Waals surface area contributed by atoms with Crippen molar-refractivity contribution in [2.45, 2.75) is 6.10 Å². The van der Waals surface area contributed by atoms with Crippen molar-refractivity contribution < 1.29 is 13.5 Å². The van der Waals surface area contributed by atoms with Gasteiger partial charge in [-0.2, -0.15) is 0 Å². The maximum Gasteiger partial charge on any atom is 0.214 e. The second-order valence-corrected chi connectivity index (χ2v) is 10.0. The van der Waals surface area contributed by atoms with E-state index in [0.29, 0.717) is 13.1 Å². The zero-order valence-corrected chi connectivity index (χ0v) is 17.2. The van der Waals surface area contributed by atoms with Crippen LogP contribution >= 0.6 is 0 Å². The summed E-state index contributed by atoms with van der Waals surface area (Å²) in [6.07, 6.45) is -0.561. The van der Waals surface area contributed by atoms with Crippen LogP contribution in [0, 0.1) is 5.92 Å². The van der Waals surface area contributed by atoms with Gasteiger partial charge in [-0.1, -0.05) is 18.2 Å². The van der Waals surface area contributed by atoms with Crippen LogP contribution in [0.15, 0.2) is 30.3 Å². The number of benzene rings is 1. The average Bonchev–Trinajstić information content (AvgIpc) is 3.00. The number of nitrogens with zero attached hydrogens (tertiary/aromatic N) is 4. The number of aliphatic hydroxyl groups is 1. The predicted octanol–water partition coefficient (Wildman–Crippen LogP) is -0.00730. The summed E-state index contributed by atoms with van der Waals surface area (Å²) in [5.74, 6) is -0.180. The molecule has 27 heavy (non-hydrogen) atoms. The van der Waals surface area contributed by atoms with Gasteiger partial charge in [0.1, 0.15) is 0 Å². The Balaban J connectivity index is 1.41. The second kappa shape index (κ2) is 8.87. The lowest BCUT2D eigenvalue weighted by Crippen LogP contribution is -2.48. The first-order chi connectivity index (χ1) is 12.8. The van der Waals surface area contributed by atoms with Gasteiger partial charge in [-0.15, -0.1) is 0 Å². The van der Waals surface area contributed by atoms with Crippen LogP contribution < -0.4 is 4.90 Å². The SMILES string of the molecule is CN(C)S(=O)(=O)C[C@@H]1CN(CCN2CCN(c3ccccc3)CC2)C[C@@H]1O. The van der Waals surface area contributed by atoms with Crippen LogP contribution in [-0.2, 0) is 10.0 Å². The van der Waals surface area contributed by atoms with Gasteiger partial charge in [0.25, 0.3) is 0 Å². The number of para-hydroxylation sites is 1. The van der Waals surface area contributed by atoms with E-state index in [-0.39, 0.29) is 11.7 Å². The van der Waals surface area contributed by atoms with Crippen LogP contribution in [0.2, 0.25) is 0 Å². The van der Waals surface area contributed by atoms with Crippen molar-refractivity contribution in [3.8, 4) is 0 Å². The monoisotopic (exact) mass is 396 g/mol. The van der Waals surface area contributed by atoms with E-state index in [1.807, 2.05) is 6.07 Å². The number of aliphatic hydroxyl groups excluding tert-OH is 1. The van der Waals surface area contributed by atoms with Crippen LogP contribution in [0.4, 0.5) is 5.69 Å². The lowest BCUT2D eigenvalue weighted by atomic mass is 10.1. The molecule has 2 aliphatic rings. The number of anilines is 1. The molecular formula is C19H32N4O3S. The van der Waals surface area contributed by atoms with Crippen LogP contribution in [0.3, 0.4) is 0 Å². The number of piperazine rings is 1. The van der Waals surface area contributed by atoms with Gasteiger partial charge < -0.3 is 10.0 Å². The van der Waals surface area contributed by atoms with Gasteiger partial charge >= 0.3 is 0 Å². The minimum absolute atomic E-state index is 0.0212. The molecule has 1 aromatic rings. The summed E-state index contributed by atoms with van der Waals surface area (Å²) < 4.78 is 25.4. The molecule has 1 N–H and O–H groups in total. The van der Waals surface area contributed by atoms with Gasteiger partial charge in [-0.05, 0) is 12.1 Å². The molecule has 0 saturated carbocycles. The molecule has 1 aromatic carbocycles. The minimum atomic E-state index is -3.28. The van der Waals surface area contributed by atoms with E-state index in [2.05, 4.69) is 39.0 Å². The molecule has 2 saturated heterocycles. The molecule has 152 valence electrons. The minimum Gasteiger partial charge on any atom is -0.391 e. The molecule has 0 bridgehead atoms. The molecule has 0 amide bonds. The third kappa shape index (κ3) is 5.42. The summed E-state index contributed by atoms with van der Waals surface area (Å²) in [7, 11) is -0.185. The van der Waals surface area contributed by atoms with Crippen LogP contribution in [0.1, 0.15) is 0 Å². The molecule has 0 radical (unpaired) electrons. The number of hydrogen-bond acceptors (Lipinski definition) is 6. The van der Waals surface area contributed by atoms with Crippen molar-refractivity contribution in [3.05, 3.63) is 30.3 Å². The van der Waals surface area contributed by atoms with Crippen LogP contribution in [0.25, 0.3) is 0 Å². The smallest absolute Gasteiger partial charge is 0.214 e. The Morgan fingerprint density at radius 2 is 1.63 bits per heavy atom. The van der Waals surface area contributed by atoms with Crippen molar-refractivity contribution in [1.29, 1.82) is 0 Å². The zero-order valence-electron chi connectivity index (χ0n) is 16.4. The van der Waals surface area contributed by atoms with Crippen molar-refractivity contribution in [2.24, 2.45) is 5.92 Å². The summed E-state index contributed by atoms with van der Waals surface area (Å²) in [4.78, 5) is 7.07. The maximum absolute atomic E-state index is 12.1. The standard InChI is InChI=1S/C19H32N4O3S/c1-20(2)27(25,26)16-17-14-22(15-19(17)24)9-8-21-10-12-23(13-11-21)18-6-4-3-5-7-18/h3-7,17,19,24H,8-16H2,1-2H3/t17-,19-/m0/s1. The molecule has 3 rings (SSSR count). The highest BCUT2D eigenvalue weighted by molar-refractivity contribution is 7.89. The lowest BCUT2D eigenvalue weighted by molar-refractivity contribution is 0.145. The zero-order chi connectivity index (χ0) is 19.4. The molecule has 7 nitrogen and oxygen atoms in total. The molecule has 8 heteroatoms. The summed E-state index contributed by atoms with van der Waals surface area (Å²) in [5.41, 5.74) is 1.28. The normalized spacial score (nSPS) is 25.4. The molecule has 2 aliphatic heterocycles. The first kappa shape index (κ1) is 20.5. The lowest BCUT2D eigenvalue weighted by Gasteiger charge is -2.36. The highest BCUT2D eigenvalue weighted by Gasteiger charge is 2.35. The fraction of sp³-hybridized carbons (Fsp3) is 0.684. The topological polar surface area (TPSA) is 67.3 Å². The summed E-state index contributed by atoms with van der Waals surface area (Å²) in [5, 5.41) is 10.3. The fourth-order valence-electron chi connectivity index (χ4n) is 3.86. The fourth-order valence-corrected chi connectivity index (χ4v) is 5.03. The van der Waals surface area contributed by atoms with E-state index in [1.54, 1.807) is 14.1 Å². The molecule has 2 fully saturated rings. The Kier molecular flexibility index (Phi) is 6.75. The largest absolute Gasteiger partial charge is 0.391 e. The van der Waals surface area contributed by atoms with Gasteiger partial charge in [0, 0.05) is 78.1 Å². The number of rotatable bonds is 7. The van der Waals surface area contributed by atoms with E-state index in [0.717, 1.165) is 39.3 Å². The Morgan fingerprint density at radius 1 is 1.00 bits per heavy atom. The number of hydrogen-bond donors (Lipinski definition) is 1. The Labute approximate surface area is 163 Å². The second-order valence-electron chi connectivity index (χ2n) is 7.81.